The molecule has 2 aromatic rings. The third kappa shape index (κ3) is 4.70. The summed E-state index contributed by atoms with van der Waals surface area (Å²) in [5, 5.41) is 5.42. The van der Waals surface area contributed by atoms with Gasteiger partial charge >= 0.3 is 0 Å². The van der Waals surface area contributed by atoms with Crippen LogP contribution in [0.15, 0.2) is 46.9 Å². The normalized spacial score (nSPS) is 10.1. The zero-order valence-corrected chi connectivity index (χ0v) is 14.0. The van der Waals surface area contributed by atoms with Gasteiger partial charge in [0.2, 0.25) is 11.8 Å². The molecule has 0 aliphatic carbocycles. The van der Waals surface area contributed by atoms with Gasteiger partial charge < -0.3 is 10.6 Å². The van der Waals surface area contributed by atoms with E-state index >= 15 is 0 Å². The van der Waals surface area contributed by atoms with Gasteiger partial charge in [-0.1, -0.05) is 34.1 Å². The van der Waals surface area contributed by atoms with Crippen molar-refractivity contribution >= 4 is 39.1 Å². The average molecular weight is 361 g/mol. The summed E-state index contributed by atoms with van der Waals surface area (Å²) >= 11 is 3.41. The van der Waals surface area contributed by atoms with E-state index in [1.165, 1.54) is 0 Å². The van der Waals surface area contributed by atoms with Crippen molar-refractivity contribution in [3.8, 4) is 0 Å². The van der Waals surface area contributed by atoms with Crippen LogP contribution in [0.5, 0.6) is 0 Å². The molecule has 2 N–H and O–H groups in total. The number of amides is 2. The second-order valence-electron chi connectivity index (χ2n) is 5.11. The van der Waals surface area contributed by atoms with Crippen LogP contribution in [0.25, 0.3) is 0 Å². The summed E-state index contributed by atoms with van der Waals surface area (Å²) in [6, 6.07) is 13.0. The number of hydrogen-bond acceptors (Lipinski definition) is 2. The molecule has 4 nitrogen and oxygen atoms in total. The molecule has 0 aromatic heterocycles. The van der Waals surface area contributed by atoms with Gasteiger partial charge in [0, 0.05) is 15.8 Å². The van der Waals surface area contributed by atoms with E-state index in [1.807, 2.05) is 44.2 Å². The van der Waals surface area contributed by atoms with Gasteiger partial charge in [-0.25, -0.2) is 0 Å². The molecule has 0 spiro atoms. The Balaban J connectivity index is 1.91. The van der Waals surface area contributed by atoms with E-state index in [0.29, 0.717) is 11.4 Å². The second kappa shape index (κ2) is 7.22. The number of carbonyl (C=O) groups is 2. The zero-order valence-electron chi connectivity index (χ0n) is 12.4. The number of rotatable bonds is 4. The van der Waals surface area contributed by atoms with Crippen molar-refractivity contribution in [3.05, 3.63) is 58.1 Å². The van der Waals surface area contributed by atoms with Crippen molar-refractivity contribution in [1.29, 1.82) is 0 Å². The Labute approximate surface area is 138 Å². The maximum atomic E-state index is 11.9. The van der Waals surface area contributed by atoms with Crippen LogP contribution in [-0.2, 0) is 9.59 Å². The van der Waals surface area contributed by atoms with Crippen LogP contribution in [0.2, 0.25) is 0 Å². The highest BCUT2D eigenvalue weighted by Gasteiger charge is 2.10. The molecular formula is C17H17BrN2O2. The van der Waals surface area contributed by atoms with Crippen LogP contribution in [0.4, 0.5) is 11.4 Å². The Morgan fingerprint density at radius 3 is 2.18 bits per heavy atom. The summed E-state index contributed by atoms with van der Waals surface area (Å²) < 4.78 is 0.912. The first-order valence-corrected chi connectivity index (χ1v) is 7.66. The van der Waals surface area contributed by atoms with Gasteiger partial charge in [-0.2, -0.15) is 0 Å². The lowest BCUT2D eigenvalue weighted by Gasteiger charge is -2.08. The summed E-state index contributed by atoms with van der Waals surface area (Å²) in [6.45, 7) is 3.91. The van der Waals surface area contributed by atoms with Crippen molar-refractivity contribution in [1.82, 2.24) is 0 Å². The lowest BCUT2D eigenvalue weighted by atomic mass is 10.2. The van der Waals surface area contributed by atoms with E-state index in [2.05, 4.69) is 26.6 Å². The summed E-state index contributed by atoms with van der Waals surface area (Å²) in [4.78, 5) is 23.8. The molecule has 0 fully saturated rings. The lowest BCUT2D eigenvalue weighted by molar-refractivity contribution is -0.123. The number of carbonyl (C=O) groups excluding carboxylic acids is 2. The van der Waals surface area contributed by atoms with Crippen LogP contribution in [0.3, 0.4) is 0 Å². The minimum absolute atomic E-state index is 0.223. The van der Waals surface area contributed by atoms with Crippen molar-refractivity contribution in [2.45, 2.75) is 20.3 Å². The van der Waals surface area contributed by atoms with Crippen molar-refractivity contribution in [2.24, 2.45) is 0 Å². The number of benzene rings is 2. The molecule has 0 radical (unpaired) electrons. The van der Waals surface area contributed by atoms with Gasteiger partial charge in [0.05, 0.1) is 0 Å². The molecule has 0 aliphatic rings. The minimum atomic E-state index is -0.346. The maximum Gasteiger partial charge on any atom is 0.233 e. The van der Waals surface area contributed by atoms with Crippen LogP contribution in [0, 0.1) is 13.8 Å². The largest absolute Gasteiger partial charge is 0.326 e. The molecule has 2 rings (SSSR count). The number of nitrogens with one attached hydrogen (secondary N) is 2. The van der Waals surface area contributed by atoms with Gasteiger partial charge in [-0.3, -0.25) is 9.59 Å². The van der Waals surface area contributed by atoms with E-state index in [-0.39, 0.29) is 18.2 Å². The van der Waals surface area contributed by atoms with E-state index in [4.69, 9.17) is 0 Å². The molecule has 0 saturated carbocycles. The van der Waals surface area contributed by atoms with Gasteiger partial charge in [0.15, 0.2) is 0 Å². The first-order chi connectivity index (χ1) is 10.4. The number of anilines is 2. The first-order valence-electron chi connectivity index (χ1n) is 6.86. The predicted molar refractivity (Wildman–Crippen MR) is 91.9 cm³/mol. The Bertz CT molecular complexity index is 714. The number of aryl methyl sites for hydroxylation is 2. The molecule has 5 heteroatoms. The van der Waals surface area contributed by atoms with E-state index in [9.17, 15) is 9.59 Å². The molecule has 2 aromatic carbocycles. The molecule has 22 heavy (non-hydrogen) atoms. The fraction of sp³-hybridized carbons (Fsp3) is 0.176. The van der Waals surface area contributed by atoms with Crippen LogP contribution >= 0.6 is 15.9 Å². The van der Waals surface area contributed by atoms with Crippen LogP contribution in [0.1, 0.15) is 17.5 Å². The third-order valence-corrected chi connectivity index (χ3v) is 3.93. The Kier molecular flexibility index (Phi) is 5.33. The quantitative estimate of drug-likeness (QED) is 0.808. The Hall–Kier alpha value is -2.14. The summed E-state index contributed by atoms with van der Waals surface area (Å²) in [7, 11) is 0. The monoisotopic (exact) mass is 360 g/mol. The molecule has 114 valence electrons. The van der Waals surface area contributed by atoms with Gasteiger partial charge in [-0.05, 0) is 49.2 Å². The van der Waals surface area contributed by atoms with Crippen molar-refractivity contribution in [3.63, 3.8) is 0 Å². The number of hydrogen-bond donors (Lipinski definition) is 2. The highest BCUT2D eigenvalue weighted by atomic mass is 79.9. The molecule has 0 bridgehead atoms. The topological polar surface area (TPSA) is 58.2 Å². The van der Waals surface area contributed by atoms with Gasteiger partial charge in [-0.15, -0.1) is 0 Å². The van der Waals surface area contributed by atoms with E-state index in [0.717, 1.165) is 15.6 Å². The number of halogens is 1. The molecule has 2 amide bonds. The SMILES string of the molecule is Cc1cccc(NC(=O)CC(=O)Nc2ccc(C)c(Br)c2)c1. The lowest BCUT2D eigenvalue weighted by Crippen LogP contribution is -2.21. The predicted octanol–water partition coefficient (Wildman–Crippen LogP) is 4.03. The fourth-order valence-electron chi connectivity index (χ4n) is 1.95. The van der Waals surface area contributed by atoms with Crippen molar-refractivity contribution in [2.75, 3.05) is 10.6 Å². The second-order valence-corrected chi connectivity index (χ2v) is 5.96. The Morgan fingerprint density at radius 2 is 1.59 bits per heavy atom. The average Bonchev–Trinajstić information content (AvgIpc) is 2.42. The van der Waals surface area contributed by atoms with Crippen LogP contribution < -0.4 is 10.6 Å². The minimum Gasteiger partial charge on any atom is -0.326 e. The maximum absolute atomic E-state index is 11.9. The van der Waals surface area contributed by atoms with E-state index in [1.54, 1.807) is 12.1 Å². The molecule has 0 heterocycles. The van der Waals surface area contributed by atoms with Crippen LogP contribution in [-0.4, -0.2) is 11.8 Å². The van der Waals surface area contributed by atoms with Gasteiger partial charge in [0.25, 0.3) is 0 Å². The molecule has 0 atom stereocenters. The highest BCUT2D eigenvalue weighted by molar-refractivity contribution is 9.10. The first kappa shape index (κ1) is 16.2. The molecule has 0 aliphatic heterocycles. The molecular weight excluding hydrogens is 344 g/mol. The summed E-state index contributed by atoms with van der Waals surface area (Å²) in [5.74, 6) is -0.685. The smallest absolute Gasteiger partial charge is 0.233 e. The molecule has 0 unspecified atom stereocenters. The van der Waals surface area contributed by atoms with E-state index < -0.39 is 0 Å². The fourth-order valence-corrected chi connectivity index (χ4v) is 2.33. The summed E-state index contributed by atoms with van der Waals surface area (Å²) in [5.41, 5.74) is 3.48. The third-order valence-electron chi connectivity index (χ3n) is 3.08. The Morgan fingerprint density at radius 1 is 0.955 bits per heavy atom. The van der Waals surface area contributed by atoms with Gasteiger partial charge in [0.1, 0.15) is 6.42 Å². The summed E-state index contributed by atoms with van der Waals surface area (Å²) in [6.07, 6.45) is -0.223. The zero-order chi connectivity index (χ0) is 16.1. The highest BCUT2D eigenvalue weighted by Crippen LogP contribution is 2.20. The molecule has 0 saturated heterocycles. The van der Waals surface area contributed by atoms with Crippen molar-refractivity contribution < 1.29 is 9.59 Å². The standard InChI is InChI=1S/C17H17BrN2O2/c1-11-4-3-5-13(8-11)19-16(21)10-17(22)20-14-7-6-12(2)15(18)9-14/h3-9H,10H2,1-2H3,(H,19,21)(H,20,22).